The van der Waals surface area contributed by atoms with Crippen LogP contribution in [0, 0.1) is 0 Å². The van der Waals surface area contributed by atoms with Gasteiger partial charge in [0.25, 0.3) is 0 Å². The lowest BCUT2D eigenvalue weighted by molar-refractivity contribution is 0.650. The molecule has 1 saturated heterocycles. The number of hydrogen-bond donors (Lipinski definition) is 1. The Labute approximate surface area is 52.1 Å². The van der Waals surface area contributed by atoms with E-state index < -0.39 is 10.8 Å². The average molecular weight is 133 g/mol. The van der Waals surface area contributed by atoms with E-state index >= 15 is 0 Å². The van der Waals surface area contributed by atoms with E-state index in [0.29, 0.717) is 0 Å². The van der Waals surface area contributed by atoms with Crippen LogP contribution in [0.15, 0.2) is 0 Å². The summed E-state index contributed by atoms with van der Waals surface area (Å²) in [5, 5.41) is 3.44. The van der Waals surface area contributed by atoms with Gasteiger partial charge in [-0.15, -0.1) is 0 Å². The average Bonchev–Trinajstić information content (AvgIpc) is 2.14. The van der Waals surface area contributed by atoms with Gasteiger partial charge in [0.05, 0.1) is 5.37 Å². The zero-order valence-corrected chi connectivity index (χ0v) is 5.83. The van der Waals surface area contributed by atoms with Crippen molar-refractivity contribution in [2.24, 2.45) is 0 Å². The van der Waals surface area contributed by atoms with Crippen LogP contribution in [-0.2, 0) is 10.8 Å². The lowest BCUT2D eigenvalue weighted by Crippen LogP contribution is -2.22. The Bertz CT molecular complexity index is 105. The van der Waals surface area contributed by atoms with Crippen molar-refractivity contribution in [1.29, 1.82) is 0 Å². The third-order valence-electron chi connectivity index (χ3n) is 1.36. The Morgan fingerprint density at radius 1 is 1.88 bits per heavy atom. The molecular weight excluding hydrogens is 122 g/mol. The van der Waals surface area contributed by atoms with Gasteiger partial charge in [-0.3, -0.25) is 4.21 Å². The maximum atomic E-state index is 10.9. The first-order chi connectivity index (χ1) is 3.84. The monoisotopic (exact) mass is 133 g/mol. The molecule has 1 aliphatic rings. The van der Waals surface area contributed by atoms with Crippen LogP contribution < -0.4 is 5.32 Å². The van der Waals surface area contributed by atoms with E-state index in [0.717, 1.165) is 18.7 Å². The highest BCUT2D eigenvalue weighted by atomic mass is 32.2. The van der Waals surface area contributed by atoms with E-state index in [2.05, 4.69) is 12.2 Å². The molecule has 2 unspecified atom stereocenters. The van der Waals surface area contributed by atoms with Gasteiger partial charge in [-0.25, -0.2) is 0 Å². The third kappa shape index (κ3) is 1.09. The predicted molar refractivity (Wildman–Crippen MR) is 35.1 cm³/mol. The van der Waals surface area contributed by atoms with Crippen molar-refractivity contribution in [3.05, 3.63) is 0 Å². The van der Waals surface area contributed by atoms with Gasteiger partial charge in [0.1, 0.15) is 0 Å². The fourth-order valence-corrected chi connectivity index (χ4v) is 2.17. The lowest BCUT2D eigenvalue weighted by Gasteiger charge is -2.01. The third-order valence-corrected chi connectivity index (χ3v) is 3.10. The van der Waals surface area contributed by atoms with Crippen LogP contribution in [0.4, 0.5) is 0 Å². The summed E-state index contributed by atoms with van der Waals surface area (Å²) in [6.07, 6.45) is 0.993. The molecule has 1 heterocycles. The van der Waals surface area contributed by atoms with Crippen LogP contribution in [0.2, 0.25) is 0 Å². The molecule has 1 fully saturated rings. The zero-order chi connectivity index (χ0) is 5.98. The summed E-state index contributed by atoms with van der Waals surface area (Å²) in [5.74, 6) is 0.846. The normalized spacial score (nSPS) is 38.1. The standard InChI is InChI=1S/C5H11NOS/c1-2-5-6-3-4-8(5)7/h5-6H,2-4H2,1H3. The summed E-state index contributed by atoms with van der Waals surface area (Å²) in [7, 11) is -0.572. The molecular formula is C5H11NOS. The molecule has 0 aromatic carbocycles. The Balaban J connectivity index is 2.42. The minimum Gasteiger partial charge on any atom is -0.302 e. The SMILES string of the molecule is CCC1NCCS1=O. The maximum Gasteiger partial charge on any atom is 0.0833 e. The first-order valence-electron chi connectivity index (χ1n) is 2.95. The molecule has 0 amide bonds. The van der Waals surface area contributed by atoms with Crippen LogP contribution >= 0.6 is 0 Å². The minimum atomic E-state index is -0.572. The predicted octanol–water partition coefficient (Wildman–Crippen LogP) is 0.0744. The minimum absolute atomic E-state index is 0.287. The maximum absolute atomic E-state index is 10.9. The van der Waals surface area contributed by atoms with Gasteiger partial charge >= 0.3 is 0 Å². The van der Waals surface area contributed by atoms with Crippen molar-refractivity contribution in [2.75, 3.05) is 12.3 Å². The molecule has 1 N–H and O–H groups in total. The van der Waals surface area contributed by atoms with Crippen molar-refractivity contribution in [2.45, 2.75) is 18.7 Å². The van der Waals surface area contributed by atoms with Crippen LogP contribution in [0.25, 0.3) is 0 Å². The number of rotatable bonds is 1. The van der Waals surface area contributed by atoms with Crippen LogP contribution in [-0.4, -0.2) is 21.9 Å². The molecule has 8 heavy (non-hydrogen) atoms. The fourth-order valence-electron chi connectivity index (χ4n) is 0.886. The molecule has 2 nitrogen and oxygen atoms in total. The topological polar surface area (TPSA) is 29.1 Å². The highest BCUT2D eigenvalue weighted by molar-refractivity contribution is 7.85. The van der Waals surface area contributed by atoms with Crippen molar-refractivity contribution in [1.82, 2.24) is 5.32 Å². The van der Waals surface area contributed by atoms with E-state index in [1.54, 1.807) is 0 Å². The summed E-state index contributed by atoms with van der Waals surface area (Å²) >= 11 is 0. The van der Waals surface area contributed by atoms with Crippen LogP contribution in [0.3, 0.4) is 0 Å². The quantitative estimate of drug-likeness (QED) is 0.548. The number of hydrogen-bond acceptors (Lipinski definition) is 2. The number of nitrogens with one attached hydrogen (secondary N) is 1. The van der Waals surface area contributed by atoms with Crippen molar-refractivity contribution in [3.63, 3.8) is 0 Å². The molecule has 0 radical (unpaired) electrons. The molecule has 0 spiro atoms. The van der Waals surface area contributed by atoms with Gasteiger partial charge < -0.3 is 5.32 Å². The second-order valence-corrected chi connectivity index (χ2v) is 3.67. The zero-order valence-electron chi connectivity index (χ0n) is 5.02. The second-order valence-electron chi connectivity index (χ2n) is 1.94. The van der Waals surface area contributed by atoms with Gasteiger partial charge in [0, 0.05) is 23.1 Å². The first-order valence-corrected chi connectivity index (χ1v) is 4.33. The molecule has 1 rings (SSSR count). The lowest BCUT2D eigenvalue weighted by atomic mass is 10.5. The van der Waals surface area contributed by atoms with Gasteiger partial charge in [0.15, 0.2) is 0 Å². The molecule has 0 aromatic rings. The molecule has 2 atom stereocenters. The smallest absolute Gasteiger partial charge is 0.0833 e. The Morgan fingerprint density at radius 2 is 2.62 bits per heavy atom. The van der Waals surface area contributed by atoms with E-state index in [-0.39, 0.29) is 5.37 Å². The summed E-state index contributed by atoms with van der Waals surface area (Å²) in [6.45, 7) is 2.99. The van der Waals surface area contributed by atoms with Gasteiger partial charge in [-0.2, -0.15) is 0 Å². The van der Waals surface area contributed by atoms with Gasteiger partial charge in [0.2, 0.25) is 0 Å². The van der Waals surface area contributed by atoms with Crippen LogP contribution in [0.1, 0.15) is 13.3 Å². The summed E-state index contributed by atoms with van der Waals surface area (Å²) in [4.78, 5) is 0. The summed E-state index contributed by atoms with van der Waals surface area (Å²) < 4.78 is 10.9. The van der Waals surface area contributed by atoms with E-state index in [1.807, 2.05) is 0 Å². The second kappa shape index (κ2) is 2.60. The summed E-state index contributed by atoms with van der Waals surface area (Å²) in [6, 6.07) is 0. The van der Waals surface area contributed by atoms with Gasteiger partial charge in [-0.1, -0.05) is 6.92 Å². The van der Waals surface area contributed by atoms with Crippen molar-refractivity contribution < 1.29 is 4.21 Å². The van der Waals surface area contributed by atoms with Crippen LogP contribution in [0.5, 0.6) is 0 Å². The molecule has 0 bridgehead atoms. The Hall–Kier alpha value is 0.110. The summed E-state index contributed by atoms with van der Waals surface area (Å²) in [5.41, 5.74) is 0. The first kappa shape index (κ1) is 6.23. The molecule has 3 heteroatoms. The van der Waals surface area contributed by atoms with E-state index in [9.17, 15) is 4.21 Å². The molecule has 0 aliphatic carbocycles. The van der Waals surface area contributed by atoms with E-state index in [4.69, 9.17) is 0 Å². The molecule has 48 valence electrons. The highest BCUT2D eigenvalue weighted by Gasteiger charge is 2.18. The molecule has 0 saturated carbocycles. The Morgan fingerprint density at radius 3 is 2.88 bits per heavy atom. The Kier molecular flexibility index (Phi) is 2.02. The van der Waals surface area contributed by atoms with E-state index in [1.165, 1.54) is 0 Å². The fraction of sp³-hybridized carbons (Fsp3) is 1.00. The largest absolute Gasteiger partial charge is 0.302 e. The molecule has 1 aliphatic heterocycles. The molecule has 0 aromatic heterocycles. The van der Waals surface area contributed by atoms with Crippen molar-refractivity contribution in [3.8, 4) is 0 Å². The van der Waals surface area contributed by atoms with Gasteiger partial charge in [-0.05, 0) is 6.42 Å². The van der Waals surface area contributed by atoms with Crippen molar-refractivity contribution >= 4 is 10.8 Å². The highest BCUT2D eigenvalue weighted by Crippen LogP contribution is 2.03.